The maximum absolute atomic E-state index is 14.8. The third-order valence-electron chi connectivity index (χ3n) is 4.77. The molecule has 2 aliphatic rings. The molecule has 9 nitrogen and oxygen atoms in total. The molecule has 1 fully saturated rings. The first-order chi connectivity index (χ1) is 14.9. The topological polar surface area (TPSA) is 98.8 Å². The van der Waals surface area contributed by atoms with Crippen LogP contribution in [-0.4, -0.2) is 41.2 Å². The van der Waals surface area contributed by atoms with E-state index in [2.05, 4.69) is 43.9 Å². The molecule has 2 aromatic rings. The molecule has 162 valence electrons. The average molecular weight is 538 g/mol. The standard InChI is InChI=1S/C20H20FIN6O3/c1-12(29)23-8-16-10-28(20(30)31-16)15-4-5-17(18(21)6-15)13-2-3-14(24-7-13)9-27-11-19(22)25-26-27/h2-7,11,16,25-26H,8-10H2,1H3,(H,23,29)/t16-/m0/s1. The zero-order valence-corrected chi connectivity index (χ0v) is 18.7. The first-order valence-electron chi connectivity index (χ1n) is 9.52. The van der Waals surface area contributed by atoms with E-state index in [9.17, 15) is 14.0 Å². The average Bonchev–Trinajstić information content (AvgIpc) is 3.32. The Kier molecular flexibility index (Phi) is 6.23. The fraction of sp³-hybridized carbons (Fsp3) is 0.250. The molecular weight excluding hydrogens is 518 g/mol. The van der Waals surface area contributed by atoms with Crippen LogP contribution >= 0.6 is 22.6 Å². The van der Waals surface area contributed by atoms with Crippen molar-refractivity contribution < 1.29 is 18.7 Å². The van der Waals surface area contributed by atoms with E-state index in [1.54, 1.807) is 18.3 Å². The summed E-state index contributed by atoms with van der Waals surface area (Å²) in [6, 6.07) is 8.24. The van der Waals surface area contributed by atoms with Crippen molar-refractivity contribution in [3.63, 3.8) is 0 Å². The molecule has 11 heteroatoms. The Morgan fingerprint density at radius 3 is 2.87 bits per heavy atom. The highest BCUT2D eigenvalue weighted by atomic mass is 127. The summed E-state index contributed by atoms with van der Waals surface area (Å²) in [5.41, 5.74) is 8.20. The minimum atomic E-state index is -0.567. The van der Waals surface area contributed by atoms with Crippen LogP contribution in [0, 0.1) is 5.82 Å². The highest BCUT2D eigenvalue weighted by molar-refractivity contribution is 14.1. The Morgan fingerprint density at radius 2 is 2.23 bits per heavy atom. The Labute approximate surface area is 191 Å². The maximum atomic E-state index is 14.8. The summed E-state index contributed by atoms with van der Waals surface area (Å²) in [5, 5.41) is 4.47. The fourth-order valence-corrected chi connectivity index (χ4v) is 3.72. The van der Waals surface area contributed by atoms with Crippen LogP contribution in [0.25, 0.3) is 11.1 Å². The lowest BCUT2D eigenvalue weighted by molar-refractivity contribution is -0.119. The number of hydrogen-bond acceptors (Lipinski definition) is 7. The number of cyclic esters (lactones) is 1. The van der Waals surface area contributed by atoms with Crippen molar-refractivity contribution in [2.24, 2.45) is 0 Å². The van der Waals surface area contributed by atoms with E-state index in [0.717, 1.165) is 9.40 Å². The number of nitrogens with zero attached hydrogens (tertiary/aromatic N) is 3. The minimum absolute atomic E-state index is 0.205. The lowest BCUT2D eigenvalue weighted by Gasteiger charge is -2.15. The predicted molar refractivity (Wildman–Crippen MR) is 120 cm³/mol. The third kappa shape index (κ3) is 5.05. The number of ether oxygens (including phenoxy) is 1. The molecule has 0 bridgehead atoms. The van der Waals surface area contributed by atoms with Gasteiger partial charge in [0, 0.05) is 30.4 Å². The summed E-state index contributed by atoms with van der Waals surface area (Å²) in [4.78, 5) is 28.9. The molecule has 1 aromatic heterocycles. The van der Waals surface area contributed by atoms with Crippen molar-refractivity contribution in [1.29, 1.82) is 0 Å². The highest BCUT2D eigenvalue weighted by Gasteiger charge is 2.32. The molecule has 0 spiro atoms. The molecule has 0 radical (unpaired) electrons. The van der Waals surface area contributed by atoms with Gasteiger partial charge in [-0.25, -0.2) is 9.18 Å². The van der Waals surface area contributed by atoms with Crippen molar-refractivity contribution in [3.8, 4) is 11.1 Å². The van der Waals surface area contributed by atoms with Gasteiger partial charge in [0.2, 0.25) is 5.91 Å². The monoisotopic (exact) mass is 538 g/mol. The van der Waals surface area contributed by atoms with Crippen LogP contribution in [-0.2, 0) is 16.1 Å². The normalized spacial score (nSPS) is 18.0. The molecule has 0 unspecified atom stereocenters. The van der Waals surface area contributed by atoms with Gasteiger partial charge in [-0.2, -0.15) is 0 Å². The number of benzene rings is 1. The zero-order valence-electron chi connectivity index (χ0n) is 16.6. The molecule has 1 saturated heterocycles. The van der Waals surface area contributed by atoms with E-state index >= 15 is 0 Å². The van der Waals surface area contributed by atoms with Crippen molar-refractivity contribution in [2.75, 3.05) is 18.0 Å². The second-order valence-electron chi connectivity index (χ2n) is 7.10. The van der Waals surface area contributed by atoms with E-state index in [1.807, 2.05) is 23.3 Å². The molecule has 31 heavy (non-hydrogen) atoms. The number of hydrazine groups is 2. The van der Waals surface area contributed by atoms with Gasteiger partial charge in [-0.05, 0) is 46.9 Å². The van der Waals surface area contributed by atoms with Crippen LogP contribution in [0.15, 0.2) is 46.4 Å². The number of rotatable bonds is 6. The summed E-state index contributed by atoms with van der Waals surface area (Å²) >= 11 is 2.17. The van der Waals surface area contributed by atoms with E-state index in [0.29, 0.717) is 23.4 Å². The Morgan fingerprint density at radius 1 is 1.39 bits per heavy atom. The van der Waals surface area contributed by atoms with Crippen molar-refractivity contribution >= 4 is 40.3 Å². The van der Waals surface area contributed by atoms with Crippen LogP contribution in [0.2, 0.25) is 0 Å². The Hall–Kier alpha value is -2.93. The van der Waals surface area contributed by atoms with Gasteiger partial charge in [-0.3, -0.25) is 25.1 Å². The lowest BCUT2D eigenvalue weighted by Crippen LogP contribution is -2.35. The molecule has 1 atom stereocenters. The minimum Gasteiger partial charge on any atom is -0.442 e. The summed E-state index contributed by atoms with van der Waals surface area (Å²) in [5.74, 6) is -0.669. The molecule has 2 amide bonds. The van der Waals surface area contributed by atoms with Gasteiger partial charge in [0.05, 0.1) is 31.0 Å². The summed E-state index contributed by atoms with van der Waals surface area (Å²) in [7, 11) is 0. The number of carbonyl (C=O) groups excluding carboxylic acids is 2. The van der Waals surface area contributed by atoms with E-state index in [1.165, 1.54) is 17.9 Å². The lowest BCUT2D eigenvalue weighted by atomic mass is 10.1. The summed E-state index contributed by atoms with van der Waals surface area (Å²) in [6.45, 7) is 2.40. The first kappa shape index (κ1) is 21.3. The molecular formula is C20H20FIN6O3. The SMILES string of the molecule is CC(=O)NC[C@H]1CN(c2ccc(-c3ccc(CN4C=C(I)NN4)nc3)c(F)c2)C(=O)O1. The molecule has 0 saturated carbocycles. The second kappa shape index (κ2) is 9.06. The van der Waals surface area contributed by atoms with Crippen molar-refractivity contribution in [2.45, 2.75) is 19.6 Å². The fourth-order valence-electron chi connectivity index (χ4n) is 3.27. The van der Waals surface area contributed by atoms with Crippen LogP contribution in [0.1, 0.15) is 12.6 Å². The van der Waals surface area contributed by atoms with E-state index in [4.69, 9.17) is 4.74 Å². The number of amides is 2. The van der Waals surface area contributed by atoms with E-state index in [-0.39, 0.29) is 19.0 Å². The van der Waals surface area contributed by atoms with Crippen molar-refractivity contribution in [3.05, 3.63) is 57.9 Å². The number of pyridine rings is 1. The zero-order chi connectivity index (χ0) is 22.0. The smallest absolute Gasteiger partial charge is 0.414 e. The number of hydrogen-bond donors (Lipinski definition) is 3. The van der Waals surface area contributed by atoms with Gasteiger partial charge in [-0.15, -0.1) is 5.53 Å². The van der Waals surface area contributed by atoms with Gasteiger partial charge < -0.3 is 10.1 Å². The number of carbonyl (C=O) groups is 2. The largest absolute Gasteiger partial charge is 0.442 e. The van der Waals surface area contributed by atoms with Gasteiger partial charge in [0.15, 0.2) is 0 Å². The van der Waals surface area contributed by atoms with Gasteiger partial charge >= 0.3 is 6.09 Å². The van der Waals surface area contributed by atoms with Crippen molar-refractivity contribution in [1.82, 2.24) is 26.3 Å². The molecule has 0 aliphatic carbocycles. The van der Waals surface area contributed by atoms with Gasteiger partial charge in [0.1, 0.15) is 15.6 Å². The van der Waals surface area contributed by atoms with Crippen LogP contribution < -0.4 is 21.2 Å². The van der Waals surface area contributed by atoms with Crippen LogP contribution in [0.4, 0.5) is 14.9 Å². The number of anilines is 1. The van der Waals surface area contributed by atoms with Crippen LogP contribution in [0.5, 0.6) is 0 Å². The molecule has 2 aliphatic heterocycles. The van der Waals surface area contributed by atoms with Crippen LogP contribution in [0.3, 0.4) is 0 Å². The first-order valence-corrected chi connectivity index (χ1v) is 10.6. The number of aromatic nitrogens is 1. The summed E-state index contributed by atoms with van der Waals surface area (Å²) < 4.78 is 21.0. The number of halogens is 2. The third-order valence-corrected chi connectivity index (χ3v) is 5.32. The Balaban J connectivity index is 1.44. The predicted octanol–water partition coefficient (Wildman–Crippen LogP) is 2.41. The van der Waals surface area contributed by atoms with Gasteiger partial charge in [0.25, 0.3) is 0 Å². The highest BCUT2D eigenvalue weighted by Crippen LogP contribution is 2.29. The molecule has 3 N–H and O–H groups in total. The summed E-state index contributed by atoms with van der Waals surface area (Å²) in [6.07, 6.45) is 2.49. The molecule has 3 heterocycles. The quantitative estimate of drug-likeness (QED) is 0.384. The van der Waals surface area contributed by atoms with Gasteiger partial charge in [-0.1, -0.05) is 6.07 Å². The molecule has 4 rings (SSSR count). The Bertz CT molecular complexity index is 1030. The van der Waals surface area contributed by atoms with E-state index < -0.39 is 18.0 Å². The number of nitrogens with one attached hydrogen (secondary N) is 3. The second-order valence-corrected chi connectivity index (χ2v) is 8.26. The molecule has 1 aromatic carbocycles. The maximum Gasteiger partial charge on any atom is 0.414 e.